The van der Waals surface area contributed by atoms with Gasteiger partial charge in [0.15, 0.2) is 12.4 Å². The zero-order chi connectivity index (χ0) is 17.6. The Bertz CT molecular complexity index is 572. The number of thioether (sulfide) groups is 1. The van der Waals surface area contributed by atoms with E-state index in [2.05, 4.69) is 0 Å². The van der Waals surface area contributed by atoms with Crippen LogP contribution in [0.3, 0.4) is 0 Å². The highest BCUT2D eigenvalue weighted by molar-refractivity contribution is 7.98. The van der Waals surface area contributed by atoms with E-state index < -0.39 is 41.6 Å². The fraction of sp³-hybridized carbons (Fsp3) is 0.467. The summed E-state index contributed by atoms with van der Waals surface area (Å²) in [5.74, 6) is -2.18. The molecule has 1 rings (SSSR count). The van der Waals surface area contributed by atoms with Crippen molar-refractivity contribution in [2.24, 2.45) is 5.92 Å². The summed E-state index contributed by atoms with van der Waals surface area (Å²) in [4.78, 5) is 22.8. The van der Waals surface area contributed by atoms with Crippen LogP contribution in [0.1, 0.15) is 29.3 Å². The summed E-state index contributed by atoms with van der Waals surface area (Å²) in [7, 11) is 0. The topological polar surface area (TPSA) is 63.6 Å². The summed E-state index contributed by atoms with van der Waals surface area (Å²) >= 11 is 1.39. The summed E-state index contributed by atoms with van der Waals surface area (Å²) in [5.41, 5.74) is -1.52. The molecule has 0 aromatic heterocycles. The van der Waals surface area contributed by atoms with Crippen molar-refractivity contribution in [3.05, 3.63) is 29.3 Å². The van der Waals surface area contributed by atoms with Crippen molar-refractivity contribution in [3.8, 4) is 5.75 Å². The van der Waals surface area contributed by atoms with Gasteiger partial charge >= 0.3 is 12.1 Å². The van der Waals surface area contributed by atoms with E-state index in [1.165, 1.54) is 17.8 Å². The minimum absolute atomic E-state index is 0.241. The Morgan fingerprint density at radius 2 is 2.00 bits per heavy atom. The van der Waals surface area contributed by atoms with Gasteiger partial charge in [-0.2, -0.15) is 24.9 Å². The SMILES string of the molecule is CCC(CSC)C(=O)c1ccc(OCC(=O)O)cc1C(F)(F)F. The first-order valence-corrected chi connectivity index (χ1v) is 8.19. The average Bonchev–Trinajstić information content (AvgIpc) is 2.48. The van der Waals surface area contributed by atoms with Gasteiger partial charge in [0.1, 0.15) is 5.75 Å². The summed E-state index contributed by atoms with van der Waals surface area (Å²) < 4.78 is 44.4. The maximum Gasteiger partial charge on any atom is 0.417 e. The van der Waals surface area contributed by atoms with Crippen molar-refractivity contribution < 1.29 is 32.6 Å². The van der Waals surface area contributed by atoms with Crippen LogP contribution >= 0.6 is 11.8 Å². The smallest absolute Gasteiger partial charge is 0.417 e. The number of Topliss-reactive ketones (excluding diaryl/α,β-unsaturated/α-hetero) is 1. The van der Waals surface area contributed by atoms with E-state index in [1.54, 1.807) is 13.2 Å². The first kappa shape index (κ1) is 19.3. The molecule has 23 heavy (non-hydrogen) atoms. The number of carbonyl (C=O) groups is 2. The number of ether oxygens (including phenoxy) is 1. The van der Waals surface area contributed by atoms with Crippen LogP contribution in [0.15, 0.2) is 18.2 Å². The molecule has 128 valence electrons. The molecule has 0 bridgehead atoms. The largest absolute Gasteiger partial charge is 0.482 e. The molecule has 4 nitrogen and oxygen atoms in total. The van der Waals surface area contributed by atoms with E-state index in [9.17, 15) is 22.8 Å². The second-order valence-corrected chi connectivity index (χ2v) is 5.72. The molecule has 1 N–H and O–H groups in total. The van der Waals surface area contributed by atoms with E-state index in [-0.39, 0.29) is 5.75 Å². The van der Waals surface area contributed by atoms with Gasteiger partial charge in [-0.05, 0) is 30.9 Å². The third kappa shape index (κ3) is 5.46. The number of carbonyl (C=O) groups excluding carboxylic acids is 1. The molecule has 0 saturated heterocycles. The van der Waals surface area contributed by atoms with Crippen molar-refractivity contribution in [1.82, 2.24) is 0 Å². The van der Waals surface area contributed by atoms with E-state index in [0.29, 0.717) is 18.2 Å². The van der Waals surface area contributed by atoms with Gasteiger partial charge < -0.3 is 9.84 Å². The van der Waals surface area contributed by atoms with Crippen LogP contribution in [-0.2, 0) is 11.0 Å². The summed E-state index contributed by atoms with van der Waals surface area (Å²) in [5, 5.41) is 8.51. The number of ketones is 1. The maximum absolute atomic E-state index is 13.2. The molecule has 0 saturated carbocycles. The van der Waals surface area contributed by atoms with Crippen molar-refractivity contribution in [2.75, 3.05) is 18.6 Å². The van der Waals surface area contributed by atoms with Crippen molar-refractivity contribution in [3.63, 3.8) is 0 Å². The number of hydrogen-bond donors (Lipinski definition) is 1. The molecule has 0 aliphatic carbocycles. The number of halogens is 3. The van der Waals surface area contributed by atoms with Crippen LogP contribution in [0, 0.1) is 5.92 Å². The van der Waals surface area contributed by atoms with Gasteiger partial charge in [-0.15, -0.1) is 0 Å². The molecule has 0 fully saturated rings. The standard InChI is InChI=1S/C15H17F3O4S/c1-3-9(8-23-2)14(21)11-5-4-10(22-7-13(19)20)6-12(11)15(16,17)18/h4-6,9H,3,7-8H2,1-2H3,(H,19,20). The van der Waals surface area contributed by atoms with Crippen LogP contribution in [0.4, 0.5) is 13.2 Å². The third-order valence-corrected chi connectivity index (χ3v) is 3.89. The normalized spacial score (nSPS) is 12.7. The lowest BCUT2D eigenvalue weighted by molar-refractivity contribution is -0.139. The Balaban J connectivity index is 3.21. The van der Waals surface area contributed by atoms with E-state index >= 15 is 0 Å². The van der Waals surface area contributed by atoms with Gasteiger partial charge in [0.05, 0.1) is 5.56 Å². The van der Waals surface area contributed by atoms with Gasteiger partial charge in [0.25, 0.3) is 0 Å². The molecular weight excluding hydrogens is 333 g/mol. The van der Waals surface area contributed by atoms with Crippen molar-refractivity contribution in [1.29, 1.82) is 0 Å². The number of carboxylic acids is 1. The average molecular weight is 350 g/mol. The second kappa shape index (κ2) is 8.24. The minimum atomic E-state index is -4.73. The molecule has 0 radical (unpaired) electrons. The Morgan fingerprint density at radius 3 is 2.48 bits per heavy atom. The van der Waals surface area contributed by atoms with Crippen LogP contribution in [-0.4, -0.2) is 35.5 Å². The number of benzene rings is 1. The van der Waals surface area contributed by atoms with Crippen LogP contribution in [0.2, 0.25) is 0 Å². The predicted molar refractivity (Wildman–Crippen MR) is 81.1 cm³/mol. The van der Waals surface area contributed by atoms with Crippen molar-refractivity contribution >= 4 is 23.5 Å². The fourth-order valence-corrected chi connectivity index (χ4v) is 2.80. The zero-order valence-electron chi connectivity index (χ0n) is 12.6. The van der Waals surface area contributed by atoms with Crippen molar-refractivity contribution in [2.45, 2.75) is 19.5 Å². The number of carboxylic acid groups (broad SMARTS) is 1. The maximum atomic E-state index is 13.2. The van der Waals surface area contributed by atoms with Gasteiger partial charge in [-0.3, -0.25) is 4.79 Å². The Hall–Kier alpha value is -1.70. The van der Waals surface area contributed by atoms with E-state index in [4.69, 9.17) is 9.84 Å². The molecular formula is C15H17F3O4S. The minimum Gasteiger partial charge on any atom is -0.482 e. The molecule has 1 atom stereocenters. The summed E-state index contributed by atoms with van der Waals surface area (Å²) in [6, 6.07) is 2.89. The highest BCUT2D eigenvalue weighted by Gasteiger charge is 2.36. The molecule has 0 amide bonds. The van der Waals surface area contributed by atoms with Gasteiger partial charge in [-0.25, -0.2) is 4.79 Å². The fourth-order valence-electron chi connectivity index (χ4n) is 2.01. The van der Waals surface area contributed by atoms with Crippen LogP contribution in [0.25, 0.3) is 0 Å². The quantitative estimate of drug-likeness (QED) is 0.724. The lowest BCUT2D eigenvalue weighted by Gasteiger charge is -2.18. The molecule has 0 heterocycles. The van der Waals surface area contributed by atoms with Gasteiger partial charge in [-0.1, -0.05) is 6.92 Å². The monoisotopic (exact) mass is 350 g/mol. The second-order valence-electron chi connectivity index (χ2n) is 4.81. The summed E-state index contributed by atoms with van der Waals surface area (Å²) in [6.45, 7) is 0.991. The number of rotatable bonds is 8. The Labute approximate surface area is 136 Å². The van der Waals surface area contributed by atoms with Gasteiger partial charge in [0, 0.05) is 17.2 Å². The highest BCUT2D eigenvalue weighted by atomic mass is 32.2. The third-order valence-electron chi connectivity index (χ3n) is 3.16. The first-order chi connectivity index (χ1) is 10.7. The highest BCUT2D eigenvalue weighted by Crippen LogP contribution is 2.36. The first-order valence-electron chi connectivity index (χ1n) is 6.79. The predicted octanol–water partition coefficient (Wildman–Crippen LogP) is 3.74. The Morgan fingerprint density at radius 1 is 1.35 bits per heavy atom. The Kier molecular flexibility index (Phi) is 6.93. The molecule has 1 aromatic carbocycles. The lowest BCUT2D eigenvalue weighted by atomic mass is 9.93. The molecule has 0 aliphatic rings. The number of hydrogen-bond acceptors (Lipinski definition) is 4. The molecule has 8 heteroatoms. The number of alkyl halides is 3. The molecule has 0 aliphatic heterocycles. The molecule has 0 spiro atoms. The van der Waals surface area contributed by atoms with E-state index in [1.807, 2.05) is 0 Å². The lowest BCUT2D eigenvalue weighted by Crippen LogP contribution is -2.21. The van der Waals surface area contributed by atoms with Gasteiger partial charge in [0.2, 0.25) is 0 Å². The molecule has 1 unspecified atom stereocenters. The zero-order valence-corrected chi connectivity index (χ0v) is 13.5. The summed E-state index contributed by atoms with van der Waals surface area (Å²) in [6.07, 6.45) is -2.51. The van der Waals surface area contributed by atoms with Crippen LogP contribution < -0.4 is 4.74 Å². The van der Waals surface area contributed by atoms with E-state index in [0.717, 1.165) is 6.07 Å². The molecule has 1 aromatic rings. The van der Waals surface area contributed by atoms with Crippen LogP contribution in [0.5, 0.6) is 5.75 Å². The number of aliphatic carboxylic acids is 1.